The first-order chi connectivity index (χ1) is 7.29. The molecule has 2 aliphatic rings. The van der Waals surface area contributed by atoms with Gasteiger partial charge in [-0.3, -0.25) is 10.1 Å². The summed E-state index contributed by atoms with van der Waals surface area (Å²) in [5.74, 6) is -0.569. The smallest absolute Gasteiger partial charge is 0.324 e. The first-order valence-corrected chi connectivity index (χ1v) is 5.64. The van der Waals surface area contributed by atoms with Crippen molar-refractivity contribution in [1.82, 2.24) is 5.32 Å². The van der Waals surface area contributed by atoms with Gasteiger partial charge in [0, 0.05) is 12.0 Å². The standard InChI is InChI=1S/C11H19NO4/c1-11(2,3)16-10(15)7-5-4-6(12-7)9(14)8(5)13/h5-9,12-14H,4H2,1-3H3. The molecule has 0 aromatic heterocycles. The molecule has 2 rings (SSSR count). The molecular formula is C11H19NO4. The highest BCUT2D eigenvalue weighted by molar-refractivity contribution is 5.77. The van der Waals surface area contributed by atoms with E-state index in [1.54, 1.807) is 0 Å². The summed E-state index contributed by atoms with van der Waals surface area (Å²) in [5, 5.41) is 22.3. The van der Waals surface area contributed by atoms with Crippen LogP contribution < -0.4 is 5.32 Å². The summed E-state index contributed by atoms with van der Waals surface area (Å²) in [5.41, 5.74) is -0.524. The van der Waals surface area contributed by atoms with Crippen LogP contribution in [0.15, 0.2) is 0 Å². The Balaban J connectivity index is 2.01. The highest BCUT2D eigenvalue weighted by Crippen LogP contribution is 2.36. The molecule has 3 N–H and O–H groups in total. The molecule has 0 aromatic rings. The van der Waals surface area contributed by atoms with Crippen molar-refractivity contribution in [2.75, 3.05) is 0 Å². The monoisotopic (exact) mass is 229 g/mol. The zero-order valence-corrected chi connectivity index (χ0v) is 9.80. The summed E-state index contributed by atoms with van der Waals surface area (Å²) in [6, 6.07) is -0.667. The molecule has 2 bridgehead atoms. The minimum absolute atomic E-state index is 0.183. The number of carbonyl (C=O) groups is 1. The molecule has 92 valence electrons. The van der Waals surface area contributed by atoms with Crippen LogP contribution in [0.1, 0.15) is 27.2 Å². The van der Waals surface area contributed by atoms with E-state index in [9.17, 15) is 15.0 Å². The fourth-order valence-corrected chi connectivity index (χ4v) is 2.53. The van der Waals surface area contributed by atoms with Crippen LogP contribution in [0.5, 0.6) is 0 Å². The van der Waals surface area contributed by atoms with Crippen molar-refractivity contribution in [2.24, 2.45) is 5.92 Å². The molecule has 16 heavy (non-hydrogen) atoms. The lowest BCUT2D eigenvalue weighted by Gasteiger charge is -2.31. The second-order valence-corrected chi connectivity index (χ2v) is 5.67. The van der Waals surface area contributed by atoms with E-state index in [-0.39, 0.29) is 17.9 Å². The molecule has 1 aliphatic heterocycles. The lowest BCUT2D eigenvalue weighted by Crippen LogP contribution is -2.55. The number of fused-ring (bicyclic) bond motifs is 2. The lowest BCUT2D eigenvalue weighted by molar-refractivity contribution is -0.161. The van der Waals surface area contributed by atoms with Crippen LogP contribution in [0.25, 0.3) is 0 Å². The molecule has 5 heteroatoms. The number of carbonyl (C=O) groups excluding carboxylic acids is 1. The van der Waals surface area contributed by atoms with Gasteiger partial charge in [0.2, 0.25) is 0 Å². The zero-order chi connectivity index (χ0) is 12.1. The normalized spacial score (nSPS) is 42.4. The average molecular weight is 229 g/mol. The van der Waals surface area contributed by atoms with E-state index in [2.05, 4.69) is 5.32 Å². The van der Waals surface area contributed by atoms with Crippen molar-refractivity contribution in [1.29, 1.82) is 0 Å². The fourth-order valence-electron chi connectivity index (χ4n) is 2.53. The van der Waals surface area contributed by atoms with Crippen LogP contribution in [0.3, 0.4) is 0 Å². The third kappa shape index (κ3) is 1.95. The van der Waals surface area contributed by atoms with Crippen LogP contribution in [0.2, 0.25) is 0 Å². The number of rotatable bonds is 1. The van der Waals surface area contributed by atoms with Gasteiger partial charge in [-0.05, 0) is 27.2 Å². The Hall–Kier alpha value is -0.650. The molecule has 5 unspecified atom stereocenters. The molecule has 0 radical (unpaired) electrons. The Morgan fingerprint density at radius 2 is 1.94 bits per heavy atom. The zero-order valence-electron chi connectivity index (χ0n) is 9.80. The average Bonchev–Trinajstić information content (AvgIpc) is 2.65. The van der Waals surface area contributed by atoms with Gasteiger partial charge in [-0.15, -0.1) is 0 Å². The Kier molecular flexibility index (Phi) is 2.72. The molecule has 1 heterocycles. The predicted molar refractivity (Wildman–Crippen MR) is 56.7 cm³/mol. The van der Waals surface area contributed by atoms with E-state index >= 15 is 0 Å². The maximum absolute atomic E-state index is 11.8. The van der Waals surface area contributed by atoms with Gasteiger partial charge in [-0.25, -0.2) is 0 Å². The first kappa shape index (κ1) is 11.8. The van der Waals surface area contributed by atoms with Crippen LogP contribution in [0, 0.1) is 5.92 Å². The van der Waals surface area contributed by atoms with E-state index in [0.29, 0.717) is 6.42 Å². The molecule has 1 aliphatic carbocycles. The van der Waals surface area contributed by atoms with Crippen LogP contribution in [-0.2, 0) is 9.53 Å². The summed E-state index contributed by atoms with van der Waals surface area (Å²) in [6.07, 6.45) is -0.945. The second-order valence-electron chi connectivity index (χ2n) is 5.67. The topological polar surface area (TPSA) is 78.8 Å². The van der Waals surface area contributed by atoms with Crippen LogP contribution >= 0.6 is 0 Å². The number of aliphatic hydroxyl groups excluding tert-OH is 2. The maximum Gasteiger partial charge on any atom is 0.324 e. The maximum atomic E-state index is 11.8. The van der Waals surface area contributed by atoms with Crippen molar-refractivity contribution in [3.05, 3.63) is 0 Å². The molecule has 0 amide bonds. The molecule has 0 spiro atoms. The van der Waals surface area contributed by atoms with Gasteiger partial charge in [0.05, 0.1) is 12.2 Å². The number of aliphatic hydroxyl groups is 2. The molecule has 2 fully saturated rings. The Bertz CT molecular complexity index is 297. The van der Waals surface area contributed by atoms with Gasteiger partial charge < -0.3 is 14.9 Å². The summed E-state index contributed by atoms with van der Waals surface area (Å²) in [4.78, 5) is 11.8. The third-order valence-corrected chi connectivity index (χ3v) is 3.21. The number of nitrogens with one attached hydrogen (secondary N) is 1. The highest BCUT2D eigenvalue weighted by Gasteiger charge is 2.54. The van der Waals surface area contributed by atoms with Crippen LogP contribution in [-0.4, -0.2) is 46.1 Å². The number of esters is 1. The number of piperidine rings is 1. The minimum Gasteiger partial charge on any atom is -0.459 e. The number of ether oxygens (including phenoxy) is 1. The highest BCUT2D eigenvalue weighted by atomic mass is 16.6. The summed E-state index contributed by atoms with van der Waals surface area (Å²) < 4.78 is 5.26. The Labute approximate surface area is 94.8 Å². The first-order valence-electron chi connectivity index (χ1n) is 5.64. The molecule has 1 saturated carbocycles. The Morgan fingerprint density at radius 1 is 1.31 bits per heavy atom. The van der Waals surface area contributed by atoms with Crippen molar-refractivity contribution in [2.45, 2.75) is 57.1 Å². The SMILES string of the molecule is CC(C)(C)OC(=O)C1NC2CC1C(O)C2O. The van der Waals surface area contributed by atoms with Crippen molar-refractivity contribution < 1.29 is 19.7 Å². The van der Waals surface area contributed by atoms with Gasteiger partial charge in [0.15, 0.2) is 0 Å². The minimum atomic E-state index is -0.816. The molecule has 1 saturated heterocycles. The molecule has 5 nitrogen and oxygen atoms in total. The van der Waals surface area contributed by atoms with E-state index in [0.717, 1.165) is 0 Å². The number of hydrogen-bond acceptors (Lipinski definition) is 5. The van der Waals surface area contributed by atoms with Gasteiger partial charge in [0.25, 0.3) is 0 Å². The van der Waals surface area contributed by atoms with Crippen LogP contribution in [0.4, 0.5) is 0 Å². The molecule has 5 atom stereocenters. The van der Waals surface area contributed by atoms with Gasteiger partial charge in [-0.2, -0.15) is 0 Å². The van der Waals surface area contributed by atoms with Crippen molar-refractivity contribution in [3.63, 3.8) is 0 Å². The lowest BCUT2D eigenvalue weighted by atomic mass is 9.96. The number of hydrogen-bond donors (Lipinski definition) is 3. The van der Waals surface area contributed by atoms with Gasteiger partial charge >= 0.3 is 5.97 Å². The van der Waals surface area contributed by atoms with E-state index < -0.39 is 23.9 Å². The summed E-state index contributed by atoms with van der Waals surface area (Å²) in [6.45, 7) is 5.43. The molecule has 0 aromatic carbocycles. The van der Waals surface area contributed by atoms with Gasteiger partial charge in [0.1, 0.15) is 11.6 Å². The summed E-state index contributed by atoms with van der Waals surface area (Å²) >= 11 is 0. The van der Waals surface area contributed by atoms with E-state index in [1.807, 2.05) is 20.8 Å². The van der Waals surface area contributed by atoms with Gasteiger partial charge in [-0.1, -0.05) is 0 Å². The summed E-state index contributed by atoms with van der Waals surface area (Å²) in [7, 11) is 0. The third-order valence-electron chi connectivity index (χ3n) is 3.21. The van der Waals surface area contributed by atoms with E-state index in [4.69, 9.17) is 4.74 Å². The largest absolute Gasteiger partial charge is 0.459 e. The quantitative estimate of drug-likeness (QED) is 0.524. The predicted octanol–water partition coefficient (Wildman–Crippen LogP) is -0.590. The van der Waals surface area contributed by atoms with Crippen molar-refractivity contribution >= 4 is 5.97 Å². The Morgan fingerprint density at radius 3 is 2.38 bits per heavy atom. The molecular weight excluding hydrogens is 210 g/mol. The fraction of sp³-hybridized carbons (Fsp3) is 0.909. The van der Waals surface area contributed by atoms with E-state index in [1.165, 1.54) is 0 Å². The van der Waals surface area contributed by atoms with Crippen molar-refractivity contribution in [3.8, 4) is 0 Å². The second kappa shape index (κ2) is 3.68.